The lowest BCUT2D eigenvalue weighted by Crippen LogP contribution is -2.30. The molecule has 0 atom stereocenters. The van der Waals surface area contributed by atoms with Crippen LogP contribution in [0, 0.1) is 6.92 Å². The van der Waals surface area contributed by atoms with Gasteiger partial charge in [0.25, 0.3) is 0 Å². The van der Waals surface area contributed by atoms with Crippen molar-refractivity contribution in [3.63, 3.8) is 0 Å². The smallest absolute Gasteiger partial charge is 0.242 e. The van der Waals surface area contributed by atoms with Gasteiger partial charge in [-0.2, -0.15) is 0 Å². The van der Waals surface area contributed by atoms with E-state index in [2.05, 4.69) is 9.97 Å². The van der Waals surface area contributed by atoms with Crippen molar-refractivity contribution in [1.82, 2.24) is 19.4 Å². The number of amides is 1. The molecule has 2 rings (SSSR count). The Labute approximate surface area is 123 Å². The minimum absolute atomic E-state index is 0.0472. The van der Waals surface area contributed by atoms with Gasteiger partial charge in [0.15, 0.2) is 5.65 Å². The molecule has 5 nitrogen and oxygen atoms in total. The Bertz CT molecular complexity index is 623. The number of carbonyl (C=O) groups excluding carboxylic acids is 1. The Morgan fingerprint density at radius 2 is 2.15 bits per heavy atom. The molecule has 6 heteroatoms. The molecule has 20 heavy (non-hydrogen) atoms. The fourth-order valence-electron chi connectivity index (χ4n) is 2.02. The second-order valence-electron chi connectivity index (χ2n) is 4.76. The van der Waals surface area contributed by atoms with Crippen LogP contribution in [0.4, 0.5) is 0 Å². The Morgan fingerprint density at radius 1 is 1.40 bits per heavy atom. The summed E-state index contributed by atoms with van der Waals surface area (Å²) in [6.07, 6.45) is 0.625. The lowest BCUT2D eigenvalue weighted by atomic mass is 10.3. The molecular formula is C14H19ClN4O. The quantitative estimate of drug-likeness (QED) is 0.793. The van der Waals surface area contributed by atoms with Crippen molar-refractivity contribution in [2.45, 2.75) is 26.8 Å². The minimum atomic E-state index is 0.0472. The summed E-state index contributed by atoms with van der Waals surface area (Å²) in [6.45, 7) is 4.82. The highest BCUT2D eigenvalue weighted by molar-refractivity contribution is 6.17. The lowest BCUT2D eigenvalue weighted by molar-refractivity contribution is -0.130. The fourth-order valence-corrected chi connectivity index (χ4v) is 2.19. The van der Waals surface area contributed by atoms with E-state index in [1.54, 1.807) is 11.9 Å². The summed E-state index contributed by atoms with van der Waals surface area (Å²) >= 11 is 5.82. The SMILES string of the molecule is CCN(C)C(=O)Cn1c(CCCl)nc2ccc(C)nc21. The van der Waals surface area contributed by atoms with E-state index in [1.807, 2.05) is 30.5 Å². The second kappa shape index (κ2) is 6.22. The molecule has 0 unspecified atom stereocenters. The first kappa shape index (κ1) is 14.8. The van der Waals surface area contributed by atoms with Gasteiger partial charge >= 0.3 is 0 Å². The van der Waals surface area contributed by atoms with Gasteiger partial charge in [0.05, 0.1) is 0 Å². The third-order valence-electron chi connectivity index (χ3n) is 3.32. The molecule has 0 spiro atoms. The van der Waals surface area contributed by atoms with Gasteiger partial charge in [0, 0.05) is 31.6 Å². The predicted octanol–water partition coefficient (Wildman–Crippen LogP) is 2.00. The number of pyridine rings is 1. The molecule has 2 heterocycles. The highest BCUT2D eigenvalue weighted by Crippen LogP contribution is 2.16. The number of imidazole rings is 1. The summed E-state index contributed by atoms with van der Waals surface area (Å²) < 4.78 is 1.87. The van der Waals surface area contributed by atoms with Gasteiger partial charge in [0.1, 0.15) is 17.9 Å². The maximum atomic E-state index is 12.1. The Kier molecular flexibility index (Phi) is 4.60. The molecule has 0 aliphatic carbocycles. The number of halogens is 1. The number of nitrogens with zero attached hydrogens (tertiary/aromatic N) is 4. The third kappa shape index (κ3) is 2.93. The van der Waals surface area contributed by atoms with Crippen molar-refractivity contribution in [3.05, 3.63) is 23.7 Å². The minimum Gasteiger partial charge on any atom is -0.344 e. The van der Waals surface area contributed by atoms with Crippen LogP contribution in [0.25, 0.3) is 11.2 Å². The summed E-state index contributed by atoms with van der Waals surface area (Å²) in [5, 5.41) is 0. The van der Waals surface area contributed by atoms with E-state index in [1.165, 1.54) is 0 Å². The Balaban J connectivity index is 2.44. The first-order chi connectivity index (χ1) is 9.56. The van der Waals surface area contributed by atoms with Gasteiger partial charge in [-0.1, -0.05) is 0 Å². The van der Waals surface area contributed by atoms with Gasteiger partial charge in [-0.3, -0.25) is 4.79 Å². The van der Waals surface area contributed by atoms with Crippen molar-refractivity contribution in [2.75, 3.05) is 19.5 Å². The molecule has 0 saturated carbocycles. The van der Waals surface area contributed by atoms with Gasteiger partial charge in [-0.05, 0) is 26.0 Å². The normalized spacial score (nSPS) is 11.0. The van der Waals surface area contributed by atoms with Crippen LogP contribution in [0.2, 0.25) is 0 Å². The predicted molar refractivity (Wildman–Crippen MR) is 80.0 cm³/mol. The number of fused-ring (bicyclic) bond motifs is 1. The molecule has 0 N–H and O–H groups in total. The van der Waals surface area contributed by atoms with E-state index in [-0.39, 0.29) is 12.5 Å². The summed E-state index contributed by atoms with van der Waals surface area (Å²) in [5.74, 6) is 1.33. The number of alkyl halides is 1. The topological polar surface area (TPSA) is 51.0 Å². The molecule has 108 valence electrons. The van der Waals surface area contributed by atoms with Gasteiger partial charge < -0.3 is 9.47 Å². The molecular weight excluding hydrogens is 276 g/mol. The van der Waals surface area contributed by atoms with Crippen LogP contribution in [-0.2, 0) is 17.8 Å². The summed E-state index contributed by atoms with van der Waals surface area (Å²) in [4.78, 5) is 22.9. The number of rotatable bonds is 5. The van der Waals surface area contributed by atoms with E-state index in [0.717, 1.165) is 22.7 Å². The number of likely N-dealkylation sites (N-methyl/N-ethyl adjacent to an activating group) is 1. The number of hydrogen-bond acceptors (Lipinski definition) is 3. The van der Waals surface area contributed by atoms with Crippen LogP contribution in [-0.4, -0.2) is 44.8 Å². The first-order valence-corrected chi connectivity index (χ1v) is 7.23. The highest BCUT2D eigenvalue weighted by Gasteiger charge is 2.16. The monoisotopic (exact) mass is 294 g/mol. The molecule has 1 amide bonds. The standard InChI is InChI=1S/C14H19ClN4O/c1-4-18(3)13(20)9-19-12(7-8-15)17-11-6-5-10(2)16-14(11)19/h5-6H,4,7-9H2,1-3H3. The third-order valence-corrected chi connectivity index (χ3v) is 3.51. The molecule has 0 aromatic carbocycles. The van der Waals surface area contributed by atoms with E-state index in [0.29, 0.717) is 18.8 Å². The molecule has 0 bridgehead atoms. The number of carbonyl (C=O) groups is 1. The van der Waals surface area contributed by atoms with Crippen molar-refractivity contribution in [2.24, 2.45) is 0 Å². The van der Waals surface area contributed by atoms with Gasteiger partial charge in [0.2, 0.25) is 5.91 Å². The molecule has 0 aliphatic heterocycles. The summed E-state index contributed by atoms with van der Waals surface area (Å²) in [5.41, 5.74) is 2.47. The average Bonchev–Trinajstić information content (AvgIpc) is 2.76. The average molecular weight is 295 g/mol. The summed E-state index contributed by atoms with van der Waals surface area (Å²) in [7, 11) is 1.79. The number of aryl methyl sites for hydroxylation is 2. The second-order valence-corrected chi connectivity index (χ2v) is 5.13. The zero-order valence-corrected chi connectivity index (χ0v) is 12.8. The van der Waals surface area contributed by atoms with Crippen LogP contribution < -0.4 is 0 Å². The van der Waals surface area contributed by atoms with Crippen molar-refractivity contribution in [1.29, 1.82) is 0 Å². The highest BCUT2D eigenvalue weighted by atomic mass is 35.5. The molecule has 0 saturated heterocycles. The molecule has 0 radical (unpaired) electrons. The van der Waals surface area contributed by atoms with E-state index in [4.69, 9.17) is 11.6 Å². The van der Waals surface area contributed by atoms with E-state index < -0.39 is 0 Å². The van der Waals surface area contributed by atoms with Gasteiger partial charge in [-0.25, -0.2) is 9.97 Å². The maximum absolute atomic E-state index is 12.1. The van der Waals surface area contributed by atoms with Crippen LogP contribution in [0.5, 0.6) is 0 Å². The lowest BCUT2D eigenvalue weighted by Gasteiger charge is -2.16. The van der Waals surface area contributed by atoms with Crippen molar-refractivity contribution >= 4 is 28.7 Å². The number of hydrogen-bond donors (Lipinski definition) is 0. The van der Waals surface area contributed by atoms with Crippen molar-refractivity contribution < 1.29 is 4.79 Å². The molecule has 0 aliphatic rings. The van der Waals surface area contributed by atoms with E-state index >= 15 is 0 Å². The van der Waals surface area contributed by atoms with Gasteiger partial charge in [-0.15, -0.1) is 11.6 Å². The molecule has 0 fully saturated rings. The van der Waals surface area contributed by atoms with Crippen molar-refractivity contribution in [3.8, 4) is 0 Å². The number of aromatic nitrogens is 3. The van der Waals surface area contributed by atoms with Crippen LogP contribution in [0.15, 0.2) is 12.1 Å². The fraction of sp³-hybridized carbons (Fsp3) is 0.500. The Hall–Kier alpha value is -1.62. The maximum Gasteiger partial charge on any atom is 0.242 e. The van der Waals surface area contributed by atoms with Crippen LogP contribution in [0.1, 0.15) is 18.4 Å². The largest absolute Gasteiger partial charge is 0.344 e. The molecule has 2 aromatic rings. The zero-order chi connectivity index (χ0) is 14.7. The zero-order valence-electron chi connectivity index (χ0n) is 12.1. The molecule has 2 aromatic heterocycles. The Morgan fingerprint density at radius 3 is 2.80 bits per heavy atom. The first-order valence-electron chi connectivity index (χ1n) is 6.69. The van der Waals surface area contributed by atoms with Crippen LogP contribution >= 0.6 is 11.6 Å². The summed E-state index contributed by atoms with van der Waals surface area (Å²) in [6, 6.07) is 3.85. The van der Waals surface area contributed by atoms with E-state index in [9.17, 15) is 4.79 Å². The van der Waals surface area contributed by atoms with Crippen LogP contribution in [0.3, 0.4) is 0 Å².